The van der Waals surface area contributed by atoms with E-state index in [1.807, 2.05) is 31.5 Å². The number of aromatic nitrogens is 3. The van der Waals surface area contributed by atoms with E-state index in [1.54, 1.807) is 23.1 Å². The molecular weight excluding hydrogens is 260 g/mol. The highest BCUT2D eigenvalue weighted by Crippen LogP contribution is 2.31. The summed E-state index contributed by atoms with van der Waals surface area (Å²) in [6.07, 6.45) is 1.99. The van der Waals surface area contributed by atoms with Crippen LogP contribution >= 0.6 is 34.9 Å². The molecule has 4 nitrogen and oxygen atoms in total. The lowest BCUT2D eigenvalue weighted by Gasteiger charge is -2.00. The fraction of sp³-hybridized carbons (Fsp3) is 0.222. The first-order valence-electron chi connectivity index (χ1n) is 4.52. The normalized spacial score (nSPS) is 10.4. The molecule has 0 amide bonds. The molecule has 0 spiro atoms. The van der Waals surface area contributed by atoms with Crippen molar-refractivity contribution in [2.24, 2.45) is 0 Å². The summed E-state index contributed by atoms with van der Waals surface area (Å²) in [4.78, 5) is 4.41. The maximum Gasteiger partial charge on any atom is 0.181 e. The molecule has 2 rings (SSSR count). The summed E-state index contributed by atoms with van der Waals surface area (Å²) >= 11 is 4.72. The summed E-state index contributed by atoms with van der Waals surface area (Å²) in [7, 11) is 1.85. The Kier molecular flexibility index (Phi) is 4.03. The van der Waals surface area contributed by atoms with Crippen LogP contribution in [0.2, 0.25) is 0 Å². The van der Waals surface area contributed by atoms with Crippen molar-refractivity contribution in [3.05, 3.63) is 18.2 Å². The monoisotopic (exact) mass is 270 g/mol. The van der Waals surface area contributed by atoms with Gasteiger partial charge < -0.3 is 5.32 Å². The third kappa shape index (κ3) is 2.87. The van der Waals surface area contributed by atoms with Gasteiger partial charge in [-0.3, -0.25) is 0 Å². The Morgan fingerprint density at radius 3 is 2.75 bits per heavy atom. The molecule has 7 heteroatoms. The number of nitrogens with zero attached hydrogens (tertiary/aromatic N) is 3. The van der Waals surface area contributed by atoms with Crippen molar-refractivity contribution in [3.63, 3.8) is 0 Å². The number of anilines is 1. The van der Waals surface area contributed by atoms with Crippen LogP contribution in [0.15, 0.2) is 31.9 Å². The number of nitrogens with one attached hydrogen (secondary N) is 1. The van der Waals surface area contributed by atoms with Crippen molar-refractivity contribution >= 4 is 40.7 Å². The van der Waals surface area contributed by atoms with Gasteiger partial charge in [-0.1, -0.05) is 29.2 Å². The lowest BCUT2D eigenvalue weighted by Crippen LogP contribution is -1.91. The molecule has 2 heterocycles. The summed E-state index contributed by atoms with van der Waals surface area (Å²) in [6.45, 7) is 0. The van der Waals surface area contributed by atoms with E-state index in [0.717, 1.165) is 19.5 Å². The zero-order chi connectivity index (χ0) is 11.4. The van der Waals surface area contributed by atoms with E-state index in [9.17, 15) is 0 Å². The number of hydrogen-bond acceptors (Lipinski definition) is 7. The molecule has 0 aromatic carbocycles. The Morgan fingerprint density at radius 2 is 2.06 bits per heavy atom. The molecule has 0 saturated carbocycles. The van der Waals surface area contributed by atoms with Gasteiger partial charge in [0.15, 0.2) is 8.68 Å². The highest BCUT2D eigenvalue weighted by atomic mass is 32.2. The van der Waals surface area contributed by atoms with Gasteiger partial charge in [0, 0.05) is 7.05 Å². The van der Waals surface area contributed by atoms with Crippen molar-refractivity contribution in [2.45, 2.75) is 13.7 Å². The van der Waals surface area contributed by atoms with E-state index in [-0.39, 0.29) is 0 Å². The van der Waals surface area contributed by atoms with Gasteiger partial charge in [0.2, 0.25) is 0 Å². The van der Waals surface area contributed by atoms with Crippen LogP contribution in [0.3, 0.4) is 0 Å². The summed E-state index contributed by atoms with van der Waals surface area (Å²) in [6, 6.07) is 5.86. The predicted octanol–water partition coefficient (Wildman–Crippen LogP) is 2.85. The number of thioether (sulfide) groups is 1. The van der Waals surface area contributed by atoms with Crippen molar-refractivity contribution in [2.75, 3.05) is 18.6 Å². The Bertz CT molecular complexity index is 471. The van der Waals surface area contributed by atoms with Crippen molar-refractivity contribution in [1.82, 2.24) is 15.2 Å². The van der Waals surface area contributed by atoms with Gasteiger partial charge in [-0.15, -0.1) is 10.2 Å². The Balaban J connectivity index is 2.13. The standard InChI is InChI=1S/C9H10N4S3/c1-10-6-4-3-5-7(11-6)15-9-13-12-8(14-2)16-9/h3-5H,1-2H3,(H,10,11). The zero-order valence-corrected chi connectivity index (χ0v) is 11.2. The first kappa shape index (κ1) is 11.7. The van der Waals surface area contributed by atoms with Crippen molar-refractivity contribution < 1.29 is 0 Å². The van der Waals surface area contributed by atoms with Crippen LogP contribution in [0.4, 0.5) is 5.82 Å². The van der Waals surface area contributed by atoms with E-state index in [1.165, 1.54) is 11.8 Å². The summed E-state index contributed by atoms with van der Waals surface area (Å²) < 4.78 is 1.90. The molecule has 2 aromatic rings. The second-order valence-corrected chi connectivity index (χ2v) is 6.05. The number of rotatable bonds is 4. The average Bonchev–Trinajstić information content (AvgIpc) is 2.77. The largest absolute Gasteiger partial charge is 0.373 e. The van der Waals surface area contributed by atoms with E-state index in [4.69, 9.17) is 0 Å². The topological polar surface area (TPSA) is 50.7 Å². The van der Waals surface area contributed by atoms with Gasteiger partial charge >= 0.3 is 0 Å². The van der Waals surface area contributed by atoms with E-state index < -0.39 is 0 Å². The Labute approximate surface area is 106 Å². The van der Waals surface area contributed by atoms with Crippen LogP contribution in [-0.4, -0.2) is 28.5 Å². The van der Waals surface area contributed by atoms with Crippen LogP contribution in [0.5, 0.6) is 0 Å². The van der Waals surface area contributed by atoms with Gasteiger partial charge in [0.05, 0.1) is 0 Å². The van der Waals surface area contributed by atoms with Gasteiger partial charge in [0.1, 0.15) is 10.8 Å². The fourth-order valence-corrected chi connectivity index (χ4v) is 3.40. The van der Waals surface area contributed by atoms with Crippen LogP contribution < -0.4 is 5.32 Å². The molecule has 0 radical (unpaired) electrons. The summed E-state index contributed by atoms with van der Waals surface area (Å²) in [5, 5.41) is 12.1. The number of hydrogen-bond donors (Lipinski definition) is 1. The van der Waals surface area contributed by atoms with E-state index >= 15 is 0 Å². The SMILES string of the molecule is CNc1cccc(Sc2nnc(SC)s2)n1. The van der Waals surface area contributed by atoms with Crippen LogP contribution in [0.25, 0.3) is 0 Å². The quantitative estimate of drug-likeness (QED) is 0.862. The molecule has 1 N–H and O–H groups in total. The Morgan fingerprint density at radius 1 is 1.25 bits per heavy atom. The smallest absolute Gasteiger partial charge is 0.181 e. The first-order valence-corrected chi connectivity index (χ1v) is 7.38. The molecule has 84 valence electrons. The molecule has 0 atom stereocenters. The van der Waals surface area contributed by atoms with Crippen molar-refractivity contribution in [3.8, 4) is 0 Å². The van der Waals surface area contributed by atoms with Crippen LogP contribution in [0.1, 0.15) is 0 Å². The van der Waals surface area contributed by atoms with Gasteiger partial charge in [-0.05, 0) is 30.2 Å². The maximum absolute atomic E-state index is 4.41. The van der Waals surface area contributed by atoms with Gasteiger partial charge in [0.25, 0.3) is 0 Å². The second kappa shape index (κ2) is 5.51. The maximum atomic E-state index is 4.41. The molecule has 0 aliphatic carbocycles. The molecule has 0 aliphatic rings. The van der Waals surface area contributed by atoms with Gasteiger partial charge in [-0.25, -0.2) is 4.98 Å². The zero-order valence-electron chi connectivity index (χ0n) is 8.80. The van der Waals surface area contributed by atoms with E-state index in [2.05, 4.69) is 20.5 Å². The van der Waals surface area contributed by atoms with Crippen LogP contribution in [-0.2, 0) is 0 Å². The average molecular weight is 270 g/mol. The lowest BCUT2D eigenvalue weighted by atomic mass is 10.5. The molecule has 0 aliphatic heterocycles. The predicted molar refractivity (Wildman–Crippen MR) is 69.6 cm³/mol. The summed E-state index contributed by atoms with van der Waals surface area (Å²) in [5.41, 5.74) is 0. The molecule has 0 saturated heterocycles. The fourth-order valence-electron chi connectivity index (χ4n) is 1.02. The molecule has 0 fully saturated rings. The minimum Gasteiger partial charge on any atom is -0.373 e. The number of pyridine rings is 1. The third-order valence-corrected chi connectivity index (χ3v) is 4.62. The van der Waals surface area contributed by atoms with Gasteiger partial charge in [-0.2, -0.15) is 0 Å². The van der Waals surface area contributed by atoms with Crippen LogP contribution in [0, 0.1) is 0 Å². The highest BCUT2D eigenvalue weighted by Gasteiger charge is 2.06. The molecule has 16 heavy (non-hydrogen) atoms. The first-order chi connectivity index (χ1) is 7.81. The second-order valence-electron chi connectivity index (χ2n) is 2.75. The minimum absolute atomic E-state index is 0.861. The van der Waals surface area contributed by atoms with E-state index in [0.29, 0.717) is 0 Å². The van der Waals surface area contributed by atoms with Crippen molar-refractivity contribution in [1.29, 1.82) is 0 Å². The lowest BCUT2D eigenvalue weighted by molar-refractivity contribution is 0.953. The Hall–Kier alpha value is -0.790. The highest BCUT2D eigenvalue weighted by molar-refractivity contribution is 8.02. The molecule has 2 aromatic heterocycles. The third-order valence-electron chi connectivity index (χ3n) is 1.73. The molecule has 0 bridgehead atoms. The molecule has 0 unspecified atom stereocenters. The summed E-state index contributed by atoms with van der Waals surface area (Å²) in [5.74, 6) is 0.861. The minimum atomic E-state index is 0.861. The molecular formula is C9H10N4S3.